The Kier molecular flexibility index (Phi) is 6.47. The van der Waals surface area contributed by atoms with Crippen LogP contribution in [0, 0.1) is 13.8 Å². The topological polar surface area (TPSA) is 38.3 Å². The maximum absolute atomic E-state index is 12.4. The van der Waals surface area contributed by atoms with Crippen molar-refractivity contribution in [1.29, 1.82) is 0 Å². The molecule has 0 aliphatic heterocycles. The van der Waals surface area contributed by atoms with Crippen molar-refractivity contribution in [2.45, 2.75) is 59.4 Å². The molecule has 0 aliphatic rings. The van der Waals surface area contributed by atoms with E-state index in [-0.39, 0.29) is 24.0 Å². The molecule has 26 heavy (non-hydrogen) atoms. The van der Waals surface area contributed by atoms with Gasteiger partial charge in [-0.3, -0.25) is 4.79 Å². The summed E-state index contributed by atoms with van der Waals surface area (Å²) in [5, 5.41) is 3.09. The Morgan fingerprint density at radius 1 is 1.08 bits per heavy atom. The average molecular weight is 354 g/mol. The zero-order chi connectivity index (χ0) is 19.3. The molecular formula is C23H31NO2. The number of benzene rings is 2. The second-order valence-electron chi connectivity index (χ2n) is 7.91. The van der Waals surface area contributed by atoms with Gasteiger partial charge in [0, 0.05) is 0 Å². The third kappa shape index (κ3) is 5.10. The van der Waals surface area contributed by atoms with Gasteiger partial charge in [0.25, 0.3) is 5.91 Å². The number of rotatable bonds is 6. The lowest BCUT2D eigenvalue weighted by Crippen LogP contribution is -2.32. The molecule has 0 fully saturated rings. The minimum Gasteiger partial charge on any atom is -0.483 e. The highest BCUT2D eigenvalue weighted by Crippen LogP contribution is 2.30. The number of hydrogen-bond donors (Lipinski definition) is 1. The predicted octanol–water partition coefficient (Wildman–Crippen LogP) is 5.25. The summed E-state index contributed by atoms with van der Waals surface area (Å²) in [6, 6.07) is 14.3. The summed E-state index contributed by atoms with van der Waals surface area (Å²) in [4.78, 5) is 12.4. The first-order valence-electron chi connectivity index (χ1n) is 9.31. The highest BCUT2D eigenvalue weighted by Gasteiger charge is 2.19. The molecular weight excluding hydrogens is 322 g/mol. The number of carbonyl (C=O) groups excluding carboxylic acids is 1. The summed E-state index contributed by atoms with van der Waals surface area (Å²) >= 11 is 0. The fourth-order valence-corrected chi connectivity index (χ4v) is 2.99. The SMILES string of the molecule is CC[C@@H](NC(=O)COc1ccccc1C(C)(C)C)c1ccc(C)c(C)c1. The average Bonchev–Trinajstić information content (AvgIpc) is 2.60. The number of amides is 1. The van der Waals surface area contributed by atoms with Crippen molar-refractivity contribution < 1.29 is 9.53 Å². The summed E-state index contributed by atoms with van der Waals surface area (Å²) in [5.74, 6) is 0.674. The standard InChI is InChI=1S/C23H31NO2/c1-7-20(18-13-12-16(2)17(3)14-18)24-22(25)15-26-21-11-9-8-10-19(21)23(4,5)6/h8-14,20H,7,15H2,1-6H3,(H,24,25)/t20-/m1/s1. The Morgan fingerprint density at radius 2 is 1.77 bits per heavy atom. The highest BCUT2D eigenvalue weighted by atomic mass is 16.5. The molecule has 3 heteroatoms. The first kappa shape index (κ1) is 20.0. The first-order chi connectivity index (χ1) is 12.2. The maximum Gasteiger partial charge on any atom is 0.258 e. The van der Waals surface area contributed by atoms with Crippen molar-refractivity contribution in [2.24, 2.45) is 0 Å². The summed E-state index contributed by atoms with van der Waals surface area (Å²) < 4.78 is 5.84. The van der Waals surface area contributed by atoms with Crippen LogP contribution >= 0.6 is 0 Å². The molecule has 2 rings (SSSR count). The van der Waals surface area contributed by atoms with E-state index < -0.39 is 0 Å². The Bertz CT molecular complexity index is 759. The van der Waals surface area contributed by atoms with E-state index in [0.29, 0.717) is 0 Å². The third-order valence-corrected chi connectivity index (χ3v) is 4.73. The van der Waals surface area contributed by atoms with Crippen LogP contribution in [0.4, 0.5) is 0 Å². The lowest BCUT2D eigenvalue weighted by Gasteiger charge is -2.23. The maximum atomic E-state index is 12.4. The van der Waals surface area contributed by atoms with Crippen molar-refractivity contribution in [3.8, 4) is 5.75 Å². The van der Waals surface area contributed by atoms with Crippen LogP contribution < -0.4 is 10.1 Å². The number of carbonyl (C=O) groups is 1. The molecule has 3 nitrogen and oxygen atoms in total. The van der Waals surface area contributed by atoms with Gasteiger partial charge in [-0.15, -0.1) is 0 Å². The number of para-hydroxylation sites is 1. The fourth-order valence-electron chi connectivity index (χ4n) is 2.99. The molecule has 140 valence electrons. The molecule has 0 saturated heterocycles. The van der Waals surface area contributed by atoms with Crippen LogP contribution in [0.25, 0.3) is 0 Å². The Labute approximate surface area is 157 Å². The van der Waals surface area contributed by atoms with Gasteiger partial charge in [-0.2, -0.15) is 0 Å². The molecule has 0 bridgehead atoms. The van der Waals surface area contributed by atoms with Crippen LogP contribution in [-0.4, -0.2) is 12.5 Å². The summed E-state index contributed by atoms with van der Waals surface area (Å²) in [6.45, 7) is 12.7. The predicted molar refractivity (Wildman–Crippen MR) is 108 cm³/mol. The number of ether oxygens (including phenoxy) is 1. The molecule has 0 saturated carbocycles. The van der Waals surface area contributed by atoms with Gasteiger partial charge >= 0.3 is 0 Å². The molecule has 1 atom stereocenters. The Morgan fingerprint density at radius 3 is 2.38 bits per heavy atom. The van der Waals surface area contributed by atoms with E-state index in [9.17, 15) is 4.79 Å². The van der Waals surface area contributed by atoms with Crippen molar-refractivity contribution in [3.05, 3.63) is 64.7 Å². The van der Waals surface area contributed by atoms with Gasteiger partial charge in [-0.25, -0.2) is 0 Å². The second-order valence-corrected chi connectivity index (χ2v) is 7.91. The third-order valence-electron chi connectivity index (χ3n) is 4.73. The monoisotopic (exact) mass is 353 g/mol. The van der Waals surface area contributed by atoms with Crippen molar-refractivity contribution in [1.82, 2.24) is 5.32 Å². The van der Waals surface area contributed by atoms with Crippen LogP contribution in [0.1, 0.15) is 62.4 Å². The van der Waals surface area contributed by atoms with E-state index in [1.54, 1.807) is 0 Å². The van der Waals surface area contributed by atoms with Gasteiger partial charge in [0.1, 0.15) is 5.75 Å². The number of hydrogen-bond acceptors (Lipinski definition) is 2. The quantitative estimate of drug-likeness (QED) is 0.770. The molecule has 2 aromatic rings. The van der Waals surface area contributed by atoms with Crippen LogP contribution in [0.2, 0.25) is 0 Å². The van der Waals surface area contributed by atoms with Crippen molar-refractivity contribution in [3.63, 3.8) is 0 Å². The molecule has 0 aromatic heterocycles. The molecule has 2 aromatic carbocycles. The van der Waals surface area contributed by atoms with Gasteiger partial charge in [-0.1, -0.05) is 64.1 Å². The molecule has 0 unspecified atom stereocenters. The van der Waals surface area contributed by atoms with Crippen LogP contribution in [0.15, 0.2) is 42.5 Å². The zero-order valence-electron chi connectivity index (χ0n) is 16.8. The van der Waals surface area contributed by atoms with Crippen LogP contribution in [-0.2, 0) is 10.2 Å². The van der Waals surface area contributed by atoms with Gasteiger partial charge in [-0.05, 0) is 54.0 Å². The highest BCUT2D eigenvalue weighted by molar-refractivity contribution is 5.78. The Balaban J connectivity index is 2.03. The van der Waals surface area contributed by atoms with E-state index in [4.69, 9.17) is 4.74 Å². The van der Waals surface area contributed by atoms with Gasteiger partial charge in [0.15, 0.2) is 6.61 Å². The zero-order valence-corrected chi connectivity index (χ0v) is 16.8. The lowest BCUT2D eigenvalue weighted by molar-refractivity contribution is -0.123. The first-order valence-corrected chi connectivity index (χ1v) is 9.31. The molecule has 0 aliphatic carbocycles. The van der Waals surface area contributed by atoms with Gasteiger partial charge < -0.3 is 10.1 Å². The van der Waals surface area contributed by atoms with E-state index in [1.807, 2.05) is 18.2 Å². The second kappa shape index (κ2) is 8.39. The van der Waals surface area contributed by atoms with Gasteiger partial charge in [0.2, 0.25) is 0 Å². The minimum atomic E-state index is -0.0983. The van der Waals surface area contributed by atoms with Crippen molar-refractivity contribution in [2.75, 3.05) is 6.61 Å². The molecule has 1 N–H and O–H groups in total. The van der Waals surface area contributed by atoms with Crippen LogP contribution in [0.3, 0.4) is 0 Å². The number of nitrogens with one attached hydrogen (secondary N) is 1. The minimum absolute atomic E-state index is 0.00302. The fraction of sp³-hybridized carbons (Fsp3) is 0.435. The largest absolute Gasteiger partial charge is 0.483 e. The van der Waals surface area contributed by atoms with Crippen molar-refractivity contribution >= 4 is 5.91 Å². The number of aryl methyl sites for hydroxylation is 2. The van der Waals surface area contributed by atoms with E-state index in [0.717, 1.165) is 23.3 Å². The summed E-state index contributed by atoms with van der Waals surface area (Å²) in [5.41, 5.74) is 4.72. The van der Waals surface area contributed by atoms with Gasteiger partial charge in [0.05, 0.1) is 6.04 Å². The summed E-state index contributed by atoms with van der Waals surface area (Å²) in [7, 11) is 0. The summed E-state index contributed by atoms with van der Waals surface area (Å²) in [6.07, 6.45) is 0.840. The van der Waals surface area contributed by atoms with E-state index in [1.165, 1.54) is 11.1 Å². The van der Waals surface area contributed by atoms with Crippen LogP contribution in [0.5, 0.6) is 5.75 Å². The van der Waals surface area contributed by atoms with E-state index in [2.05, 4.69) is 71.1 Å². The Hall–Kier alpha value is -2.29. The molecule has 0 spiro atoms. The van der Waals surface area contributed by atoms with E-state index >= 15 is 0 Å². The molecule has 0 radical (unpaired) electrons. The lowest BCUT2D eigenvalue weighted by atomic mass is 9.86. The smallest absolute Gasteiger partial charge is 0.258 e. The molecule has 1 amide bonds. The molecule has 0 heterocycles. The normalized spacial score (nSPS) is 12.5.